The van der Waals surface area contributed by atoms with Crippen LogP contribution in [0.2, 0.25) is 0 Å². The fourth-order valence-corrected chi connectivity index (χ4v) is 3.03. The number of aryl methyl sites for hydroxylation is 1. The minimum Gasteiger partial charge on any atom is -0.354 e. The summed E-state index contributed by atoms with van der Waals surface area (Å²) in [6.45, 7) is 3.85. The molecule has 4 rings (SSSR count). The van der Waals surface area contributed by atoms with Gasteiger partial charge in [-0.05, 0) is 31.9 Å². The molecule has 0 amide bonds. The number of piperidine rings is 1. The van der Waals surface area contributed by atoms with Gasteiger partial charge in [0.2, 0.25) is 0 Å². The molecule has 0 saturated carbocycles. The molecular formula is C15H17N7. The summed E-state index contributed by atoms with van der Waals surface area (Å²) in [4.78, 5) is 10.9. The summed E-state index contributed by atoms with van der Waals surface area (Å²) < 4.78 is 0. The van der Waals surface area contributed by atoms with Crippen LogP contribution < -0.4 is 4.90 Å². The van der Waals surface area contributed by atoms with Crippen LogP contribution in [-0.2, 0) is 0 Å². The molecule has 7 heteroatoms. The van der Waals surface area contributed by atoms with E-state index in [0.717, 1.165) is 48.7 Å². The van der Waals surface area contributed by atoms with E-state index >= 15 is 0 Å². The van der Waals surface area contributed by atoms with Gasteiger partial charge < -0.3 is 4.90 Å². The monoisotopic (exact) mass is 295 g/mol. The van der Waals surface area contributed by atoms with E-state index in [1.54, 1.807) is 12.4 Å². The Morgan fingerprint density at radius 2 is 2.09 bits per heavy atom. The lowest BCUT2D eigenvalue weighted by atomic mass is 9.94. The number of aromatic nitrogens is 6. The molecule has 1 atom stereocenters. The zero-order chi connectivity index (χ0) is 14.9. The first kappa shape index (κ1) is 13.1. The van der Waals surface area contributed by atoms with Gasteiger partial charge in [-0.3, -0.25) is 5.10 Å². The van der Waals surface area contributed by atoms with E-state index < -0.39 is 0 Å². The molecular weight excluding hydrogens is 278 g/mol. The van der Waals surface area contributed by atoms with Crippen molar-refractivity contribution in [3.05, 3.63) is 35.9 Å². The van der Waals surface area contributed by atoms with Crippen LogP contribution in [0.3, 0.4) is 0 Å². The van der Waals surface area contributed by atoms with Crippen LogP contribution in [-0.4, -0.2) is 43.5 Å². The highest BCUT2D eigenvalue weighted by Gasteiger charge is 2.26. The van der Waals surface area contributed by atoms with Gasteiger partial charge >= 0.3 is 0 Å². The Kier molecular flexibility index (Phi) is 3.17. The predicted octanol–water partition coefficient (Wildman–Crippen LogP) is 1.84. The van der Waals surface area contributed by atoms with Crippen LogP contribution >= 0.6 is 0 Å². The number of fused-ring (bicyclic) bond motifs is 1. The van der Waals surface area contributed by atoms with Gasteiger partial charge in [-0.15, -0.1) is 5.10 Å². The smallest absolute Gasteiger partial charge is 0.199 e. The molecule has 4 heterocycles. The molecule has 1 N–H and O–H groups in total. The second-order valence-corrected chi connectivity index (χ2v) is 5.68. The molecule has 0 aromatic carbocycles. The van der Waals surface area contributed by atoms with Crippen LogP contribution in [0.4, 0.5) is 5.82 Å². The van der Waals surface area contributed by atoms with E-state index in [2.05, 4.69) is 35.3 Å². The minimum absolute atomic E-state index is 0.360. The van der Waals surface area contributed by atoms with Crippen molar-refractivity contribution < 1.29 is 0 Å². The molecule has 3 aromatic rings. The first-order valence-corrected chi connectivity index (χ1v) is 7.51. The highest BCUT2D eigenvalue weighted by Crippen LogP contribution is 2.30. The first-order valence-electron chi connectivity index (χ1n) is 7.51. The molecule has 22 heavy (non-hydrogen) atoms. The number of nitrogens with one attached hydrogen (secondary N) is 1. The third-order valence-electron chi connectivity index (χ3n) is 4.15. The number of H-pyrrole nitrogens is 1. The molecule has 0 bridgehead atoms. The van der Waals surface area contributed by atoms with E-state index in [1.807, 2.05) is 19.1 Å². The number of aromatic amines is 1. The van der Waals surface area contributed by atoms with Crippen molar-refractivity contribution in [3.63, 3.8) is 0 Å². The van der Waals surface area contributed by atoms with Gasteiger partial charge in [-0.2, -0.15) is 10.2 Å². The topological polar surface area (TPSA) is 83.5 Å². The maximum Gasteiger partial charge on any atom is 0.199 e. The number of hydrogen-bond donors (Lipinski definition) is 1. The quantitative estimate of drug-likeness (QED) is 0.776. The van der Waals surface area contributed by atoms with Crippen LogP contribution in [0.5, 0.6) is 0 Å². The Morgan fingerprint density at radius 3 is 2.95 bits per heavy atom. The summed E-state index contributed by atoms with van der Waals surface area (Å²) in [6, 6.07) is 4.04. The minimum atomic E-state index is 0.360. The second kappa shape index (κ2) is 5.32. The standard InChI is InChI=1S/C15H17N7/c1-10-4-5-12(19-18-10)22-8-2-3-11(9-22)13-14-15(21-20-13)17-7-6-16-14/h4-7,11H,2-3,8-9H2,1H3,(H,17,20,21). The van der Waals surface area contributed by atoms with Crippen LogP contribution in [0.15, 0.2) is 24.5 Å². The van der Waals surface area contributed by atoms with E-state index in [-0.39, 0.29) is 0 Å². The van der Waals surface area contributed by atoms with Crippen molar-refractivity contribution in [2.24, 2.45) is 0 Å². The van der Waals surface area contributed by atoms with E-state index in [0.29, 0.717) is 11.6 Å². The number of hydrogen-bond acceptors (Lipinski definition) is 6. The van der Waals surface area contributed by atoms with Crippen molar-refractivity contribution in [2.45, 2.75) is 25.7 Å². The number of anilines is 1. The zero-order valence-corrected chi connectivity index (χ0v) is 12.4. The lowest BCUT2D eigenvalue weighted by Gasteiger charge is -2.32. The summed E-state index contributed by atoms with van der Waals surface area (Å²) in [7, 11) is 0. The maximum atomic E-state index is 4.42. The number of rotatable bonds is 2. The molecule has 1 aliphatic rings. The van der Waals surface area contributed by atoms with Gasteiger partial charge in [0.05, 0.1) is 11.4 Å². The Morgan fingerprint density at radius 1 is 1.18 bits per heavy atom. The summed E-state index contributed by atoms with van der Waals surface area (Å²) >= 11 is 0. The van der Waals surface area contributed by atoms with Gasteiger partial charge in [-0.1, -0.05) is 0 Å². The van der Waals surface area contributed by atoms with Gasteiger partial charge in [0.15, 0.2) is 11.5 Å². The third kappa shape index (κ3) is 2.28. The number of nitrogens with zero attached hydrogens (tertiary/aromatic N) is 6. The van der Waals surface area contributed by atoms with Crippen molar-refractivity contribution in [1.29, 1.82) is 0 Å². The first-order chi connectivity index (χ1) is 10.8. The summed E-state index contributed by atoms with van der Waals surface area (Å²) in [5.41, 5.74) is 3.58. The normalized spacial score (nSPS) is 18.8. The second-order valence-electron chi connectivity index (χ2n) is 5.68. The van der Waals surface area contributed by atoms with E-state index in [9.17, 15) is 0 Å². The molecule has 1 saturated heterocycles. The maximum absolute atomic E-state index is 4.42. The molecule has 112 valence electrons. The summed E-state index contributed by atoms with van der Waals surface area (Å²) in [5.74, 6) is 1.30. The Bertz CT molecular complexity index is 780. The van der Waals surface area contributed by atoms with Gasteiger partial charge in [0.25, 0.3) is 0 Å². The molecule has 0 radical (unpaired) electrons. The van der Waals surface area contributed by atoms with Crippen molar-refractivity contribution in [3.8, 4) is 0 Å². The average Bonchev–Trinajstić information content (AvgIpc) is 3.00. The molecule has 1 unspecified atom stereocenters. The van der Waals surface area contributed by atoms with Crippen molar-refractivity contribution in [1.82, 2.24) is 30.4 Å². The van der Waals surface area contributed by atoms with Gasteiger partial charge in [0, 0.05) is 31.4 Å². The SMILES string of the molecule is Cc1ccc(N2CCCC(c3[nH]nc4nccnc34)C2)nn1. The van der Waals surface area contributed by atoms with Crippen LogP contribution in [0, 0.1) is 6.92 Å². The lowest BCUT2D eigenvalue weighted by molar-refractivity contribution is 0.498. The van der Waals surface area contributed by atoms with Crippen molar-refractivity contribution in [2.75, 3.05) is 18.0 Å². The Labute approximate surface area is 127 Å². The van der Waals surface area contributed by atoms with E-state index in [1.165, 1.54) is 0 Å². The molecule has 7 nitrogen and oxygen atoms in total. The largest absolute Gasteiger partial charge is 0.354 e. The summed E-state index contributed by atoms with van der Waals surface area (Å²) in [5, 5.41) is 15.8. The highest BCUT2D eigenvalue weighted by atomic mass is 15.3. The molecule has 0 spiro atoms. The Hall–Kier alpha value is -2.57. The average molecular weight is 295 g/mol. The zero-order valence-electron chi connectivity index (χ0n) is 12.4. The Balaban J connectivity index is 1.62. The highest BCUT2D eigenvalue weighted by molar-refractivity contribution is 5.73. The fourth-order valence-electron chi connectivity index (χ4n) is 3.03. The third-order valence-corrected chi connectivity index (χ3v) is 4.15. The predicted molar refractivity (Wildman–Crippen MR) is 82.6 cm³/mol. The lowest BCUT2D eigenvalue weighted by Crippen LogP contribution is -2.35. The molecule has 1 aliphatic heterocycles. The summed E-state index contributed by atoms with van der Waals surface area (Å²) in [6.07, 6.45) is 5.61. The van der Waals surface area contributed by atoms with E-state index in [4.69, 9.17) is 0 Å². The van der Waals surface area contributed by atoms with Crippen LogP contribution in [0.25, 0.3) is 11.2 Å². The van der Waals surface area contributed by atoms with Gasteiger partial charge in [-0.25, -0.2) is 9.97 Å². The molecule has 3 aromatic heterocycles. The molecule has 0 aliphatic carbocycles. The van der Waals surface area contributed by atoms with Gasteiger partial charge in [0.1, 0.15) is 5.52 Å². The van der Waals surface area contributed by atoms with Crippen LogP contribution in [0.1, 0.15) is 30.1 Å². The van der Waals surface area contributed by atoms with Crippen molar-refractivity contribution >= 4 is 17.0 Å². The molecule has 1 fully saturated rings. The fraction of sp³-hybridized carbons (Fsp3) is 0.400.